The predicted octanol–water partition coefficient (Wildman–Crippen LogP) is 3.12. The number of nitrogens with one attached hydrogen (secondary N) is 1. The maximum absolute atomic E-state index is 5.32. The number of hydrogen-bond acceptors (Lipinski definition) is 3. The van der Waals surface area contributed by atoms with Crippen LogP contribution in [-0.4, -0.2) is 17.1 Å². The molecule has 1 aromatic heterocycles. The second-order valence-electron chi connectivity index (χ2n) is 3.50. The molecule has 1 aromatic carbocycles. The van der Waals surface area contributed by atoms with Gasteiger partial charge < -0.3 is 9.72 Å². The molecular weight excluding hydrogens is 220 g/mol. The number of nitrogens with zero attached hydrogens (tertiary/aromatic N) is 1. The Hall–Kier alpha value is -1.68. The molecule has 0 aliphatic heterocycles. The zero-order valence-corrected chi connectivity index (χ0v) is 9.97. The second kappa shape index (κ2) is 4.45. The van der Waals surface area contributed by atoms with Gasteiger partial charge in [-0.05, 0) is 25.1 Å². The van der Waals surface area contributed by atoms with E-state index in [1.165, 1.54) is 5.56 Å². The average Bonchev–Trinajstić information content (AvgIpc) is 2.29. The summed E-state index contributed by atoms with van der Waals surface area (Å²) < 4.78 is 5.89. The Morgan fingerprint density at radius 2 is 2.12 bits per heavy atom. The fourth-order valence-corrected chi connectivity index (χ4v) is 1.73. The standard InChI is InChI=1S/C12H12N2OS/c1-8-3-4-11(15-2)9(5-8)10-6-12(16)14-7-13-10/h3-7H,1-2H3,(H,13,14,16). The number of ether oxygens (including phenoxy) is 1. The fraction of sp³-hybridized carbons (Fsp3) is 0.167. The van der Waals surface area contributed by atoms with E-state index < -0.39 is 0 Å². The highest BCUT2D eigenvalue weighted by atomic mass is 32.1. The lowest BCUT2D eigenvalue weighted by molar-refractivity contribution is 0.416. The van der Waals surface area contributed by atoms with Crippen LogP contribution in [0.1, 0.15) is 5.56 Å². The monoisotopic (exact) mass is 232 g/mol. The summed E-state index contributed by atoms with van der Waals surface area (Å²) >= 11 is 5.04. The van der Waals surface area contributed by atoms with E-state index in [9.17, 15) is 0 Å². The summed E-state index contributed by atoms with van der Waals surface area (Å²) in [6.07, 6.45) is 1.60. The number of aromatic amines is 1. The summed E-state index contributed by atoms with van der Waals surface area (Å²) in [6, 6.07) is 7.84. The van der Waals surface area contributed by atoms with Crippen LogP contribution in [0.25, 0.3) is 11.3 Å². The van der Waals surface area contributed by atoms with Gasteiger partial charge in [0.15, 0.2) is 0 Å². The van der Waals surface area contributed by atoms with E-state index in [1.807, 2.05) is 25.1 Å². The van der Waals surface area contributed by atoms with Crippen LogP contribution in [0.2, 0.25) is 0 Å². The summed E-state index contributed by atoms with van der Waals surface area (Å²) in [6.45, 7) is 2.04. The van der Waals surface area contributed by atoms with Crippen molar-refractivity contribution in [2.75, 3.05) is 7.11 Å². The lowest BCUT2D eigenvalue weighted by atomic mass is 10.1. The lowest BCUT2D eigenvalue weighted by Crippen LogP contribution is -1.91. The summed E-state index contributed by atoms with van der Waals surface area (Å²) in [4.78, 5) is 7.03. The van der Waals surface area contributed by atoms with Crippen LogP contribution in [0, 0.1) is 11.6 Å². The molecule has 0 bridgehead atoms. The maximum Gasteiger partial charge on any atom is 0.130 e. The van der Waals surface area contributed by atoms with Crippen molar-refractivity contribution in [3.63, 3.8) is 0 Å². The van der Waals surface area contributed by atoms with Gasteiger partial charge in [0.25, 0.3) is 0 Å². The normalized spacial score (nSPS) is 10.1. The molecule has 0 saturated heterocycles. The van der Waals surface area contributed by atoms with Crippen LogP contribution in [0.3, 0.4) is 0 Å². The third-order valence-corrected chi connectivity index (χ3v) is 2.55. The molecular formula is C12H12N2OS. The van der Waals surface area contributed by atoms with Crippen LogP contribution in [0.5, 0.6) is 5.75 Å². The van der Waals surface area contributed by atoms with Gasteiger partial charge in [0.2, 0.25) is 0 Å². The molecule has 0 saturated carbocycles. The predicted molar refractivity (Wildman–Crippen MR) is 66.1 cm³/mol. The van der Waals surface area contributed by atoms with Crippen molar-refractivity contribution >= 4 is 12.2 Å². The molecule has 1 heterocycles. The molecule has 0 radical (unpaired) electrons. The summed E-state index contributed by atoms with van der Waals surface area (Å²) in [5.41, 5.74) is 3.09. The molecule has 1 N–H and O–H groups in total. The molecule has 3 nitrogen and oxygen atoms in total. The van der Waals surface area contributed by atoms with Gasteiger partial charge in [0.05, 0.1) is 19.1 Å². The third kappa shape index (κ3) is 2.12. The van der Waals surface area contributed by atoms with E-state index >= 15 is 0 Å². The Kier molecular flexibility index (Phi) is 3.01. The van der Waals surface area contributed by atoms with Crippen LogP contribution >= 0.6 is 12.2 Å². The van der Waals surface area contributed by atoms with Crippen LogP contribution in [0.15, 0.2) is 30.6 Å². The number of aromatic nitrogens is 2. The number of benzene rings is 1. The first-order valence-corrected chi connectivity index (χ1v) is 5.31. The van der Waals surface area contributed by atoms with Crippen molar-refractivity contribution in [3.8, 4) is 17.0 Å². The zero-order valence-electron chi connectivity index (χ0n) is 9.15. The van der Waals surface area contributed by atoms with Crippen LogP contribution in [0.4, 0.5) is 0 Å². The van der Waals surface area contributed by atoms with Crippen molar-refractivity contribution in [1.29, 1.82) is 0 Å². The maximum atomic E-state index is 5.32. The molecule has 0 atom stereocenters. The average molecular weight is 232 g/mol. The molecule has 2 aromatic rings. The van der Waals surface area contributed by atoms with Crippen molar-refractivity contribution in [1.82, 2.24) is 9.97 Å². The van der Waals surface area contributed by atoms with Crippen LogP contribution in [-0.2, 0) is 0 Å². The highest BCUT2D eigenvalue weighted by Crippen LogP contribution is 2.28. The Balaban J connectivity index is 2.62. The lowest BCUT2D eigenvalue weighted by Gasteiger charge is -2.09. The summed E-state index contributed by atoms with van der Waals surface area (Å²) in [5.74, 6) is 0.822. The first kappa shape index (κ1) is 10.8. The van der Waals surface area contributed by atoms with E-state index in [1.54, 1.807) is 13.4 Å². The Bertz CT molecular complexity index is 563. The molecule has 2 rings (SSSR count). The van der Waals surface area contributed by atoms with Gasteiger partial charge in [-0.15, -0.1) is 0 Å². The minimum absolute atomic E-state index is 0.567. The minimum atomic E-state index is 0.567. The highest BCUT2D eigenvalue weighted by Gasteiger charge is 2.06. The molecule has 82 valence electrons. The topological polar surface area (TPSA) is 37.9 Å². The van der Waals surface area contributed by atoms with Gasteiger partial charge in [-0.2, -0.15) is 0 Å². The van der Waals surface area contributed by atoms with Gasteiger partial charge in [-0.1, -0.05) is 23.8 Å². The van der Waals surface area contributed by atoms with Crippen molar-refractivity contribution in [3.05, 3.63) is 40.8 Å². The Morgan fingerprint density at radius 3 is 2.81 bits per heavy atom. The van der Waals surface area contributed by atoms with E-state index in [0.717, 1.165) is 17.0 Å². The van der Waals surface area contributed by atoms with Crippen molar-refractivity contribution in [2.24, 2.45) is 0 Å². The van der Waals surface area contributed by atoms with Gasteiger partial charge in [0.1, 0.15) is 10.4 Å². The number of hydrogen-bond donors (Lipinski definition) is 1. The highest BCUT2D eigenvalue weighted by molar-refractivity contribution is 7.71. The molecule has 0 aliphatic carbocycles. The van der Waals surface area contributed by atoms with E-state index in [-0.39, 0.29) is 0 Å². The van der Waals surface area contributed by atoms with E-state index in [2.05, 4.69) is 16.0 Å². The third-order valence-electron chi connectivity index (χ3n) is 2.32. The molecule has 0 fully saturated rings. The van der Waals surface area contributed by atoms with Crippen LogP contribution < -0.4 is 4.74 Å². The van der Waals surface area contributed by atoms with Crippen molar-refractivity contribution in [2.45, 2.75) is 6.92 Å². The zero-order chi connectivity index (χ0) is 11.5. The molecule has 0 amide bonds. The SMILES string of the molecule is COc1ccc(C)cc1-c1cc(=S)nc[nH]1. The second-order valence-corrected chi connectivity index (χ2v) is 3.92. The van der Waals surface area contributed by atoms with Gasteiger partial charge in [0, 0.05) is 5.56 Å². The van der Waals surface area contributed by atoms with E-state index in [4.69, 9.17) is 17.0 Å². The van der Waals surface area contributed by atoms with Gasteiger partial charge in [-0.3, -0.25) is 0 Å². The smallest absolute Gasteiger partial charge is 0.130 e. The van der Waals surface area contributed by atoms with E-state index in [0.29, 0.717) is 4.64 Å². The molecule has 16 heavy (non-hydrogen) atoms. The molecule has 4 heteroatoms. The molecule has 0 aliphatic rings. The Morgan fingerprint density at radius 1 is 1.31 bits per heavy atom. The molecule has 0 unspecified atom stereocenters. The molecule has 0 spiro atoms. The summed E-state index contributed by atoms with van der Waals surface area (Å²) in [5, 5.41) is 0. The fourth-order valence-electron chi connectivity index (χ4n) is 1.56. The van der Waals surface area contributed by atoms with Gasteiger partial charge >= 0.3 is 0 Å². The largest absolute Gasteiger partial charge is 0.496 e. The first-order chi connectivity index (χ1) is 7.70. The summed E-state index contributed by atoms with van der Waals surface area (Å²) in [7, 11) is 1.66. The quantitative estimate of drug-likeness (QED) is 0.808. The minimum Gasteiger partial charge on any atom is -0.496 e. The van der Waals surface area contributed by atoms with Gasteiger partial charge in [-0.25, -0.2) is 4.98 Å². The number of rotatable bonds is 2. The first-order valence-electron chi connectivity index (χ1n) is 4.90. The number of methoxy groups -OCH3 is 1. The number of H-pyrrole nitrogens is 1. The number of aryl methyl sites for hydroxylation is 1. The Labute approximate surface area is 99.1 Å². The van der Waals surface area contributed by atoms with Crippen molar-refractivity contribution < 1.29 is 4.74 Å².